The molecule has 4 nitrogen and oxygen atoms in total. The van der Waals surface area contributed by atoms with Gasteiger partial charge in [-0.15, -0.1) is 0 Å². The van der Waals surface area contributed by atoms with Gasteiger partial charge in [0.15, 0.2) is 0 Å². The summed E-state index contributed by atoms with van der Waals surface area (Å²) in [5.41, 5.74) is 6.23. The Bertz CT molecular complexity index is 802. The predicted octanol–water partition coefficient (Wildman–Crippen LogP) is 5.09. The van der Waals surface area contributed by atoms with E-state index in [1.165, 1.54) is 36.8 Å². The van der Waals surface area contributed by atoms with Crippen molar-refractivity contribution in [1.82, 2.24) is 9.97 Å². The van der Waals surface area contributed by atoms with Crippen LogP contribution in [0.2, 0.25) is 0 Å². The molecule has 2 heterocycles. The predicted molar refractivity (Wildman–Crippen MR) is 101 cm³/mol. The molecule has 0 amide bonds. The van der Waals surface area contributed by atoms with E-state index in [-0.39, 0.29) is 0 Å². The van der Waals surface area contributed by atoms with Gasteiger partial charge in [0.05, 0.1) is 21.6 Å². The van der Waals surface area contributed by atoms with Crippen molar-refractivity contribution in [1.29, 1.82) is 0 Å². The third kappa shape index (κ3) is 3.31. The highest BCUT2D eigenvalue weighted by Crippen LogP contribution is 2.28. The molecule has 0 atom stereocenters. The van der Waals surface area contributed by atoms with Crippen LogP contribution in [0.4, 0.5) is 5.13 Å². The van der Waals surface area contributed by atoms with E-state index in [4.69, 9.17) is 5.10 Å². The molecule has 0 spiro atoms. The largest absolute Gasteiger partial charge is 0.255 e. The van der Waals surface area contributed by atoms with Crippen LogP contribution in [0, 0.1) is 5.92 Å². The fourth-order valence-electron chi connectivity index (χ4n) is 3.28. The molecule has 0 unspecified atom stereocenters. The Morgan fingerprint density at radius 2 is 1.88 bits per heavy atom. The van der Waals surface area contributed by atoms with Gasteiger partial charge in [0.1, 0.15) is 0 Å². The molecule has 2 aromatic heterocycles. The maximum absolute atomic E-state index is 4.74. The zero-order chi connectivity index (χ0) is 16.2. The molecule has 1 fully saturated rings. The second kappa shape index (κ2) is 7.09. The zero-order valence-corrected chi connectivity index (χ0v) is 14.3. The van der Waals surface area contributed by atoms with Crippen LogP contribution in [0.1, 0.15) is 37.8 Å². The van der Waals surface area contributed by atoms with Crippen molar-refractivity contribution in [3.05, 3.63) is 54.4 Å². The Labute approximate surface area is 145 Å². The average Bonchev–Trinajstić information content (AvgIpc) is 3.07. The third-order valence-corrected chi connectivity index (χ3v) is 5.43. The minimum atomic E-state index is 0.482. The molecule has 3 aromatic rings. The van der Waals surface area contributed by atoms with Gasteiger partial charge >= 0.3 is 0 Å². The van der Waals surface area contributed by atoms with Crippen LogP contribution in [0.25, 0.3) is 10.2 Å². The summed E-state index contributed by atoms with van der Waals surface area (Å²) in [5.74, 6) is 0.482. The lowest BCUT2D eigenvalue weighted by Crippen LogP contribution is -2.21. The Balaban J connectivity index is 1.63. The quantitative estimate of drug-likeness (QED) is 0.533. The van der Waals surface area contributed by atoms with E-state index in [1.54, 1.807) is 11.3 Å². The summed E-state index contributed by atoms with van der Waals surface area (Å²) < 4.78 is 1.17. The van der Waals surface area contributed by atoms with Crippen molar-refractivity contribution in [3.63, 3.8) is 0 Å². The van der Waals surface area contributed by atoms with Gasteiger partial charge in [-0.25, -0.2) is 4.98 Å². The number of pyridine rings is 1. The van der Waals surface area contributed by atoms with Crippen molar-refractivity contribution < 1.29 is 0 Å². The molecule has 1 saturated carbocycles. The van der Waals surface area contributed by atoms with Crippen LogP contribution in [0.15, 0.2) is 53.8 Å². The average molecular weight is 336 g/mol. The minimum Gasteiger partial charge on any atom is -0.255 e. The molecule has 1 aliphatic rings. The monoisotopic (exact) mass is 336 g/mol. The molecular formula is C19H20N4S. The summed E-state index contributed by atoms with van der Waals surface area (Å²) in [5, 5.41) is 5.57. The normalized spacial score (nSPS) is 16.4. The van der Waals surface area contributed by atoms with E-state index in [0.29, 0.717) is 5.92 Å². The lowest BCUT2D eigenvalue weighted by Gasteiger charge is -2.22. The summed E-state index contributed by atoms with van der Waals surface area (Å²) in [6.07, 6.45) is 8.10. The van der Waals surface area contributed by atoms with Crippen LogP contribution in [0.3, 0.4) is 0 Å². The number of rotatable bonds is 4. The molecule has 1 aromatic carbocycles. The summed E-state index contributed by atoms with van der Waals surface area (Å²) in [4.78, 5) is 9.12. The van der Waals surface area contributed by atoms with Crippen molar-refractivity contribution in [2.75, 3.05) is 5.43 Å². The lowest BCUT2D eigenvalue weighted by molar-refractivity contribution is 0.439. The fraction of sp³-hybridized carbons (Fsp3) is 0.316. The van der Waals surface area contributed by atoms with Gasteiger partial charge in [-0.3, -0.25) is 10.4 Å². The summed E-state index contributed by atoms with van der Waals surface area (Å²) in [6, 6.07) is 14.2. The maximum atomic E-state index is 4.74. The number of aromatic nitrogens is 2. The molecule has 0 radical (unpaired) electrons. The first-order valence-corrected chi connectivity index (χ1v) is 9.32. The number of fused-ring (bicyclic) bond motifs is 1. The molecule has 5 heteroatoms. The SMILES string of the molecule is c1ccc(/C(=N/Nc2nc3ccccc3s2)C2CCCCC2)nc1. The Kier molecular flexibility index (Phi) is 4.51. The number of benzene rings is 1. The van der Waals surface area contributed by atoms with Gasteiger partial charge in [-0.05, 0) is 37.1 Å². The Hall–Kier alpha value is -2.27. The van der Waals surface area contributed by atoms with Gasteiger partial charge in [-0.1, -0.05) is 48.8 Å². The number of hydrogen-bond acceptors (Lipinski definition) is 5. The number of hydrogen-bond donors (Lipinski definition) is 1. The number of anilines is 1. The Morgan fingerprint density at radius 1 is 1.04 bits per heavy atom. The van der Waals surface area contributed by atoms with Crippen LogP contribution in [-0.2, 0) is 0 Å². The molecule has 0 saturated heterocycles. The van der Waals surface area contributed by atoms with E-state index in [1.807, 2.05) is 42.6 Å². The van der Waals surface area contributed by atoms with Gasteiger partial charge < -0.3 is 0 Å². The molecule has 0 aliphatic heterocycles. The van der Waals surface area contributed by atoms with Crippen molar-refractivity contribution in [2.24, 2.45) is 11.0 Å². The standard InChI is InChI=1S/C19H20N4S/c1-2-8-14(9-3-1)18(16-11-6-7-13-20-16)22-23-19-21-15-10-4-5-12-17(15)24-19/h4-7,10-14H,1-3,8-9H2,(H,21,23)/b22-18+. The number of hydrazone groups is 1. The van der Waals surface area contributed by atoms with Crippen LogP contribution in [-0.4, -0.2) is 15.7 Å². The molecular weight excluding hydrogens is 316 g/mol. The molecule has 0 bridgehead atoms. The van der Waals surface area contributed by atoms with Gasteiger partial charge in [0.2, 0.25) is 5.13 Å². The topological polar surface area (TPSA) is 50.2 Å². The minimum absolute atomic E-state index is 0.482. The maximum Gasteiger partial charge on any atom is 0.204 e. The van der Waals surface area contributed by atoms with Gasteiger partial charge in [0.25, 0.3) is 0 Å². The van der Waals surface area contributed by atoms with E-state index in [9.17, 15) is 0 Å². The van der Waals surface area contributed by atoms with E-state index >= 15 is 0 Å². The second-order valence-electron chi connectivity index (χ2n) is 6.15. The second-order valence-corrected chi connectivity index (χ2v) is 7.18. The lowest BCUT2D eigenvalue weighted by atomic mass is 9.84. The van der Waals surface area contributed by atoms with E-state index in [0.717, 1.165) is 22.1 Å². The summed E-state index contributed by atoms with van der Waals surface area (Å²) >= 11 is 1.63. The summed E-state index contributed by atoms with van der Waals surface area (Å²) in [6.45, 7) is 0. The van der Waals surface area contributed by atoms with E-state index in [2.05, 4.69) is 21.5 Å². The molecule has 24 heavy (non-hydrogen) atoms. The van der Waals surface area contributed by atoms with E-state index < -0.39 is 0 Å². The highest BCUT2D eigenvalue weighted by Gasteiger charge is 2.21. The first kappa shape index (κ1) is 15.3. The number of nitrogens with zero attached hydrogens (tertiary/aromatic N) is 3. The molecule has 1 N–H and O–H groups in total. The fourth-order valence-corrected chi connectivity index (χ4v) is 4.08. The number of para-hydroxylation sites is 1. The third-order valence-electron chi connectivity index (χ3n) is 4.49. The van der Waals surface area contributed by atoms with Crippen LogP contribution >= 0.6 is 11.3 Å². The Morgan fingerprint density at radius 3 is 2.67 bits per heavy atom. The smallest absolute Gasteiger partial charge is 0.204 e. The van der Waals surface area contributed by atoms with Crippen molar-refractivity contribution in [3.8, 4) is 0 Å². The van der Waals surface area contributed by atoms with Crippen LogP contribution < -0.4 is 5.43 Å². The number of thiazole rings is 1. The zero-order valence-electron chi connectivity index (χ0n) is 13.5. The first-order chi connectivity index (χ1) is 11.9. The van der Waals surface area contributed by atoms with Crippen molar-refractivity contribution in [2.45, 2.75) is 32.1 Å². The van der Waals surface area contributed by atoms with Crippen molar-refractivity contribution >= 4 is 32.4 Å². The highest BCUT2D eigenvalue weighted by molar-refractivity contribution is 7.22. The van der Waals surface area contributed by atoms with Gasteiger partial charge in [0, 0.05) is 12.1 Å². The van der Waals surface area contributed by atoms with Crippen LogP contribution in [0.5, 0.6) is 0 Å². The molecule has 1 aliphatic carbocycles. The van der Waals surface area contributed by atoms with Gasteiger partial charge in [-0.2, -0.15) is 5.10 Å². The number of nitrogens with one attached hydrogen (secondary N) is 1. The molecule has 122 valence electrons. The molecule has 4 rings (SSSR count). The highest BCUT2D eigenvalue weighted by atomic mass is 32.1. The summed E-state index contributed by atoms with van der Waals surface area (Å²) in [7, 11) is 0. The first-order valence-electron chi connectivity index (χ1n) is 8.51.